The van der Waals surface area contributed by atoms with Crippen molar-refractivity contribution in [3.8, 4) is 11.5 Å². The van der Waals surface area contributed by atoms with Gasteiger partial charge in [0.1, 0.15) is 11.5 Å². The fourth-order valence-corrected chi connectivity index (χ4v) is 3.83. The van der Waals surface area contributed by atoms with Crippen molar-refractivity contribution in [1.29, 1.82) is 0 Å². The Hall–Kier alpha value is -2.01. The molecule has 1 aliphatic heterocycles. The average molecular weight is 343 g/mol. The normalized spacial score (nSPS) is 18.5. The summed E-state index contributed by atoms with van der Waals surface area (Å²) in [4.78, 5) is 2.50. The molecule has 0 aliphatic carbocycles. The molecule has 0 spiro atoms. The molecule has 2 aromatic rings. The summed E-state index contributed by atoms with van der Waals surface area (Å²) >= 11 is 0. The van der Waals surface area contributed by atoms with Crippen LogP contribution in [0.5, 0.6) is 11.5 Å². The van der Waals surface area contributed by atoms with Crippen LogP contribution >= 0.6 is 0 Å². The highest BCUT2D eigenvalue weighted by Crippen LogP contribution is 2.34. The number of ether oxygens (including phenoxy) is 2. The quantitative estimate of drug-likeness (QED) is 0.863. The van der Waals surface area contributed by atoms with Crippen molar-refractivity contribution in [3.63, 3.8) is 0 Å². The Kier molecular flexibility index (Phi) is 5.63. The fourth-order valence-electron chi connectivity index (χ4n) is 3.83. The average Bonchev–Trinajstić information content (AvgIpc) is 3.12. The van der Waals surface area contributed by atoms with Crippen molar-refractivity contribution in [1.82, 2.24) is 15.1 Å². The van der Waals surface area contributed by atoms with Gasteiger partial charge in [0, 0.05) is 24.7 Å². The van der Waals surface area contributed by atoms with Gasteiger partial charge >= 0.3 is 0 Å². The van der Waals surface area contributed by atoms with Gasteiger partial charge in [-0.05, 0) is 43.0 Å². The Bertz CT molecular complexity index is 674. The molecule has 1 aromatic carbocycles. The number of hydrogen-bond donors (Lipinski definition) is 1. The van der Waals surface area contributed by atoms with Crippen molar-refractivity contribution >= 4 is 0 Å². The van der Waals surface area contributed by atoms with E-state index in [1.165, 1.54) is 24.1 Å². The Balaban J connectivity index is 1.78. The first kappa shape index (κ1) is 17.8. The van der Waals surface area contributed by atoms with Crippen LogP contribution in [0.4, 0.5) is 0 Å². The summed E-state index contributed by atoms with van der Waals surface area (Å²) in [5, 5.41) is 7.56. The number of nitrogens with zero attached hydrogens (tertiary/aromatic N) is 2. The first-order valence-electron chi connectivity index (χ1n) is 9.09. The van der Waals surface area contributed by atoms with Crippen LogP contribution in [-0.4, -0.2) is 42.4 Å². The van der Waals surface area contributed by atoms with Crippen molar-refractivity contribution in [2.75, 3.05) is 27.3 Å². The van der Waals surface area contributed by atoms with Crippen LogP contribution in [0, 0.1) is 0 Å². The van der Waals surface area contributed by atoms with E-state index < -0.39 is 0 Å². The summed E-state index contributed by atoms with van der Waals surface area (Å²) in [7, 11) is 3.44. The van der Waals surface area contributed by atoms with E-state index in [2.05, 4.69) is 28.9 Å². The zero-order valence-corrected chi connectivity index (χ0v) is 15.7. The fraction of sp³-hybridized carbons (Fsp3) is 0.550. The van der Waals surface area contributed by atoms with Gasteiger partial charge in [-0.25, -0.2) is 0 Å². The van der Waals surface area contributed by atoms with Crippen molar-refractivity contribution in [2.24, 2.45) is 0 Å². The number of methoxy groups -OCH3 is 2. The van der Waals surface area contributed by atoms with E-state index in [9.17, 15) is 0 Å². The van der Waals surface area contributed by atoms with Crippen LogP contribution < -0.4 is 9.47 Å². The smallest absolute Gasteiger partial charge is 0.127 e. The number of piperidine rings is 1. The Morgan fingerprint density at radius 3 is 2.60 bits per heavy atom. The first-order valence-corrected chi connectivity index (χ1v) is 9.09. The van der Waals surface area contributed by atoms with Gasteiger partial charge in [0.25, 0.3) is 0 Å². The molecular formula is C20H29N3O2. The van der Waals surface area contributed by atoms with Crippen LogP contribution in [0.3, 0.4) is 0 Å². The molecular weight excluding hydrogens is 314 g/mol. The van der Waals surface area contributed by atoms with Gasteiger partial charge in [0.05, 0.1) is 26.0 Å². The molecule has 1 aromatic heterocycles. The molecule has 1 saturated heterocycles. The third kappa shape index (κ3) is 3.82. The van der Waals surface area contributed by atoms with E-state index in [-0.39, 0.29) is 0 Å². The van der Waals surface area contributed by atoms with Gasteiger partial charge in [-0.2, -0.15) is 5.10 Å². The third-order valence-corrected chi connectivity index (χ3v) is 5.15. The minimum atomic E-state index is 0.499. The topological polar surface area (TPSA) is 50.4 Å². The van der Waals surface area contributed by atoms with Crippen molar-refractivity contribution < 1.29 is 9.47 Å². The number of rotatable bonds is 6. The summed E-state index contributed by atoms with van der Waals surface area (Å²) in [6, 6.07) is 5.98. The second kappa shape index (κ2) is 7.91. The number of aromatic amines is 1. The minimum absolute atomic E-state index is 0.499. The predicted octanol–water partition coefficient (Wildman–Crippen LogP) is 3.93. The molecule has 0 saturated carbocycles. The standard InChI is InChI=1S/C20H29N3O2/c1-14(2)16-11-21-22-20(16)15-7-6-10-23(12-15)13-17-18(24-3)8-5-9-19(17)25-4/h5,8-9,11,14-15H,6-7,10,12-13H2,1-4H3,(H,21,22). The number of likely N-dealkylation sites (tertiary alicyclic amines) is 1. The molecule has 1 fully saturated rings. The summed E-state index contributed by atoms with van der Waals surface area (Å²) < 4.78 is 11.1. The minimum Gasteiger partial charge on any atom is -0.496 e. The summed E-state index contributed by atoms with van der Waals surface area (Å²) in [5.41, 5.74) is 3.79. The molecule has 2 heterocycles. The Morgan fingerprint density at radius 2 is 1.96 bits per heavy atom. The van der Waals surface area contributed by atoms with Crippen LogP contribution in [-0.2, 0) is 6.54 Å². The Morgan fingerprint density at radius 1 is 1.24 bits per heavy atom. The number of benzene rings is 1. The number of H-pyrrole nitrogens is 1. The van der Waals surface area contributed by atoms with Gasteiger partial charge in [-0.1, -0.05) is 19.9 Å². The molecule has 5 heteroatoms. The maximum atomic E-state index is 5.56. The van der Waals surface area contributed by atoms with E-state index in [0.29, 0.717) is 11.8 Å². The summed E-state index contributed by atoms with van der Waals surface area (Å²) in [5.74, 6) is 2.80. The molecule has 1 N–H and O–H groups in total. The number of aromatic nitrogens is 2. The van der Waals surface area contributed by atoms with Gasteiger partial charge in [0.15, 0.2) is 0 Å². The van der Waals surface area contributed by atoms with Crippen molar-refractivity contribution in [2.45, 2.75) is 45.1 Å². The molecule has 1 unspecified atom stereocenters. The first-order chi connectivity index (χ1) is 12.1. The molecule has 3 rings (SSSR count). The van der Waals surface area contributed by atoms with Crippen LogP contribution in [0.15, 0.2) is 24.4 Å². The zero-order valence-electron chi connectivity index (χ0n) is 15.7. The van der Waals surface area contributed by atoms with Gasteiger partial charge in [-0.3, -0.25) is 10.00 Å². The van der Waals surface area contributed by atoms with E-state index in [1.807, 2.05) is 24.4 Å². The van der Waals surface area contributed by atoms with E-state index in [0.717, 1.165) is 36.7 Å². The van der Waals surface area contributed by atoms with Gasteiger partial charge in [0.2, 0.25) is 0 Å². The Labute approximate surface area is 150 Å². The van der Waals surface area contributed by atoms with Gasteiger partial charge in [-0.15, -0.1) is 0 Å². The summed E-state index contributed by atoms with van der Waals surface area (Å²) in [6.07, 6.45) is 4.39. The lowest BCUT2D eigenvalue weighted by molar-refractivity contribution is 0.193. The lowest BCUT2D eigenvalue weighted by Gasteiger charge is -2.33. The molecule has 5 nitrogen and oxygen atoms in total. The largest absolute Gasteiger partial charge is 0.496 e. The second-order valence-corrected chi connectivity index (χ2v) is 7.11. The number of nitrogens with one attached hydrogen (secondary N) is 1. The highest BCUT2D eigenvalue weighted by molar-refractivity contribution is 5.44. The van der Waals surface area contributed by atoms with Gasteiger partial charge < -0.3 is 9.47 Å². The highest BCUT2D eigenvalue weighted by Gasteiger charge is 2.26. The zero-order chi connectivity index (χ0) is 17.8. The van der Waals surface area contributed by atoms with Crippen LogP contribution in [0.2, 0.25) is 0 Å². The molecule has 1 atom stereocenters. The van der Waals surface area contributed by atoms with Crippen LogP contribution in [0.1, 0.15) is 55.3 Å². The predicted molar refractivity (Wildman–Crippen MR) is 99.5 cm³/mol. The number of hydrogen-bond acceptors (Lipinski definition) is 4. The third-order valence-electron chi connectivity index (χ3n) is 5.15. The van der Waals surface area contributed by atoms with E-state index >= 15 is 0 Å². The van der Waals surface area contributed by atoms with Crippen molar-refractivity contribution in [3.05, 3.63) is 41.2 Å². The SMILES string of the molecule is COc1cccc(OC)c1CN1CCCC(c2[nH]ncc2C(C)C)C1. The van der Waals surface area contributed by atoms with Crippen LogP contribution in [0.25, 0.3) is 0 Å². The molecule has 0 radical (unpaired) electrons. The lowest BCUT2D eigenvalue weighted by atomic mass is 9.89. The molecule has 1 aliphatic rings. The molecule has 0 bridgehead atoms. The van der Waals surface area contributed by atoms with E-state index in [1.54, 1.807) is 14.2 Å². The maximum absolute atomic E-state index is 5.56. The molecule has 25 heavy (non-hydrogen) atoms. The molecule has 0 amide bonds. The maximum Gasteiger partial charge on any atom is 0.127 e. The lowest BCUT2D eigenvalue weighted by Crippen LogP contribution is -2.34. The summed E-state index contributed by atoms with van der Waals surface area (Å²) in [6.45, 7) is 7.43. The monoisotopic (exact) mass is 343 g/mol. The molecule has 136 valence electrons. The second-order valence-electron chi connectivity index (χ2n) is 7.11. The highest BCUT2D eigenvalue weighted by atomic mass is 16.5. The van der Waals surface area contributed by atoms with E-state index in [4.69, 9.17) is 9.47 Å².